The summed E-state index contributed by atoms with van der Waals surface area (Å²) in [4.78, 5) is 60.7. The molecule has 5 heterocycles. The third kappa shape index (κ3) is 8.24. The fourth-order valence-corrected chi connectivity index (χ4v) is 8.64. The molecule has 13 heteroatoms. The molecule has 3 amide bonds. The summed E-state index contributed by atoms with van der Waals surface area (Å²) in [5.74, 6) is 1.53. The van der Waals surface area contributed by atoms with E-state index >= 15 is 0 Å². The lowest BCUT2D eigenvalue weighted by Crippen LogP contribution is -2.53. The molecule has 13 nitrogen and oxygen atoms in total. The van der Waals surface area contributed by atoms with E-state index in [1.165, 1.54) is 7.05 Å². The molecule has 4 N–H and O–H groups in total. The highest BCUT2D eigenvalue weighted by Crippen LogP contribution is 2.35. The molecule has 4 aromatic rings. The van der Waals surface area contributed by atoms with Crippen LogP contribution >= 0.6 is 0 Å². The van der Waals surface area contributed by atoms with Gasteiger partial charge >= 0.3 is 6.09 Å². The summed E-state index contributed by atoms with van der Waals surface area (Å²) < 4.78 is 5.53. The molecule has 0 bridgehead atoms. The number of carboxylic acid groups (broad SMARTS) is 1. The van der Waals surface area contributed by atoms with Crippen molar-refractivity contribution in [2.24, 2.45) is 11.8 Å². The van der Waals surface area contributed by atoms with Crippen molar-refractivity contribution in [2.45, 2.75) is 96.4 Å². The van der Waals surface area contributed by atoms with Crippen LogP contribution in [0.1, 0.15) is 90.0 Å². The minimum Gasteiger partial charge on any atom is -0.465 e. The van der Waals surface area contributed by atoms with Crippen molar-refractivity contribution >= 4 is 17.9 Å². The van der Waals surface area contributed by atoms with Gasteiger partial charge in [0.1, 0.15) is 17.7 Å². The summed E-state index contributed by atoms with van der Waals surface area (Å²) in [6.07, 6.45) is 8.00. The molecule has 3 fully saturated rings. The van der Waals surface area contributed by atoms with E-state index < -0.39 is 12.1 Å². The second-order valence-electron chi connectivity index (χ2n) is 16.2. The maximum atomic E-state index is 13.9. The first-order chi connectivity index (χ1) is 27.0. The average molecular weight is 765 g/mol. The second-order valence-corrected chi connectivity index (χ2v) is 16.2. The van der Waals surface area contributed by atoms with E-state index in [2.05, 4.69) is 77.7 Å². The fourth-order valence-electron chi connectivity index (χ4n) is 8.64. The molecule has 0 unspecified atom stereocenters. The standard InChI is InChI=1S/C43H56N8O5/c1-26(2)37(46-32-18-22-56-23-19-32)41(52)50-20-6-8-35(50)39-44-24-33(47-39)30-14-10-28(11-15-30)29-12-16-31(17-13-29)34-25-45-40(48-34)36-9-7-21-51(36)42(53)38(27(3)4)49(5)43(54)55/h10-17,24-27,32,35-38,46H,6-9,18-23H2,1-5H3,(H,44,47)(H,45,48)(H,54,55)/t35-,36-,37-,38-/m0/s1. The van der Waals surface area contributed by atoms with Crippen LogP contribution in [0.5, 0.6) is 0 Å². The monoisotopic (exact) mass is 764 g/mol. The number of imidazole rings is 2. The Morgan fingerprint density at radius 1 is 0.732 bits per heavy atom. The Morgan fingerprint density at radius 2 is 1.20 bits per heavy atom. The number of benzene rings is 2. The maximum absolute atomic E-state index is 13.9. The Bertz CT molecular complexity index is 1970. The molecule has 0 aliphatic carbocycles. The van der Waals surface area contributed by atoms with Crippen molar-refractivity contribution < 1.29 is 24.2 Å². The fraction of sp³-hybridized carbons (Fsp3) is 0.512. The highest BCUT2D eigenvalue weighted by atomic mass is 16.5. The summed E-state index contributed by atoms with van der Waals surface area (Å²) in [5.41, 5.74) is 5.75. The van der Waals surface area contributed by atoms with Gasteiger partial charge < -0.3 is 34.9 Å². The SMILES string of the molecule is CC(C)[C@H](NC1CCOCC1)C(=O)N1CCC[C@H]1c1nc(-c2ccc(-c3ccc(-c4c[nH]c([C@@H]5CCCN5C(=O)[C@H](C(C)C)N(C)C(=O)O)n4)cc3)cc2)c[nH]1. The summed E-state index contributed by atoms with van der Waals surface area (Å²) in [6, 6.07) is 15.6. The van der Waals surface area contributed by atoms with Crippen LogP contribution in [0.4, 0.5) is 4.79 Å². The molecule has 0 radical (unpaired) electrons. The number of carbonyl (C=O) groups excluding carboxylic acids is 2. The number of aromatic amines is 2. The Morgan fingerprint density at radius 3 is 1.64 bits per heavy atom. The number of nitrogens with zero attached hydrogens (tertiary/aromatic N) is 5. The van der Waals surface area contributed by atoms with E-state index in [1.807, 2.05) is 31.1 Å². The van der Waals surface area contributed by atoms with Crippen LogP contribution in [0.2, 0.25) is 0 Å². The van der Waals surface area contributed by atoms with E-state index in [9.17, 15) is 19.5 Å². The number of likely N-dealkylation sites (N-methyl/N-ethyl adjacent to an activating group) is 1. The van der Waals surface area contributed by atoms with Crippen molar-refractivity contribution in [3.63, 3.8) is 0 Å². The zero-order valence-corrected chi connectivity index (χ0v) is 33.2. The Labute approximate surface area is 329 Å². The maximum Gasteiger partial charge on any atom is 0.407 e. The first kappa shape index (κ1) is 39.2. The number of aromatic nitrogens is 4. The number of rotatable bonds is 12. The lowest BCUT2D eigenvalue weighted by atomic mass is 9.99. The third-order valence-corrected chi connectivity index (χ3v) is 11.8. The molecule has 0 spiro atoms. The van der Waals surface area contributed by atoms with Gasteiger partial charge in [-0.05, 0) is 61.5 Å². The highest BCUT2D eigenvalue weighted by molar-refractivity contribution is 5.86. The van der Waals surface area contributed by atoms with E-state index in [1.54, 1.807) is 4.90 Å². The van der Waals surface area contributed by atoms with E-state index in [0.717, 1.165) is 103 Å². The van der Waals surface area contributed by atoms with Gasteiger partial charge in [0.25, 0.3) is 0 Å². The molecule has 298 valence electrons. The van der Waals surface area contributed by atoms with Crippen LogP contribution < -0.4 is 5.32 Å². The predicted octanol–water partition coefficient (Wildman–Crippen LogP) is 6.89. The predicted molar refractivity (Wildman–Crippen MR) is 214 cm³/mol. The Hall–Kier alpha value is -5.01. The highest BCUT2D eigenvalue weighted by Gasteiger charge is 2.40. The van der Waals surface area contributed by atoms with Gasteiger partial charge in [-0.3, -0.25) is 14.5 Å². The van der Waals surface area contributed by atoms with Crippen molar-refractivity contribution in [1.82, 2.24) is 40.0 Å². The van der Waals surface area contributed by atoms with Gasteiger partial charge in [-0.15, -0.1) is 0 Å². The zero-order valence-electron chi connectivity index (χ0n) is 33.2. The second kappa shape index (κ2) is 17.0. The number of carbonyl (C=O) groups is 3. The Kier molecular flexibility index (Phi) is 11.9. The first-order valence-electron chi connectivity index (χ1n) is 20.2. The van der Waals surface area contributed by atoms with Crippen LogP contribution in [-0.2, 0) is 14.3 Å². The number of H-pyrrole nitrogens is 2. The number of ether oxygens (including phenoxy) is 1. The van der Waals surface area contributed by atoms with E-state index in [4.69, 9.17) is 14.7 Å². The van der Waals surface area contributed by atoms with Gasteiger partial charge in [0, 0.05) is 62.9 Å². The molecular weight excluding hydrogens is 709 g/mol. The van der Waals surface area contributed by atoms with Gasteiger partial charge in [0.2, 0.25) is 11.8 Å². The van der Waals surface area contributed by atoms with Gasteiger partial charge in [-0.1, -0.05) is 76.2 Å². The van der Waals surface area contributed by atoms with Crippen LogP contribution in [0.3, 0.4) is 0 Å². The molecule has 56 heavy (non-hydrogen) atoms. The summed E-state index contributed by atoms with van der Waals surface area (Å²) >= 11 is 0. The van der Waals surface area contributed by atoms with Gasteiger partial charge in [0.05, 0.1) is 29.5 Å². The van der Waals surface area contributed by atoms with Crippen molar-refractivity contribution in [1.29, 1.82) is 0 Å². The van der Waals surface area contributed by atoms with Gasteiger partial charge in [-0.2, -0.15) is 0 Å². The number of likely N-dealkylation sites (tertiary alicyclic amines) is 2. The molecule has 3 aliphatic heterocycles. The van der Waals surface area contributed by atoms with Crippen LogP contribution in [0.15, 0.2) is 60.9 Å². The first-order valence-corrected chi connectivity index (χ1v) is 20.2. The molecule has 4 atom stereocenters. The Balaban J connectivity index is 0.994. The van der Waals surface area contributed by atoms with Crippen molar-refractivity contribution in [2.75, 3.05) is 33.4 Å². The minimum atomic E-state index is -1.12. The van der Waals surface area contributed by atoms with Crippen molar-refractivity contribution in [3.8, 4) is 33.6 Å². The lowest BCUT2D eigenvalue weighted by Gasteiger charge is -2.34. The van der Waals surface area contributed by atoms with Gasteiger partial charge in [-0.25, -0.2) is 14.8 Å². The molecule has 0 saturated carbocycles. The summed E-state index contributed by atoms with van der Waals surface area (Å²) in [6.45, 7) is 10.8. The molecule has 3 aliphatic rings. The van der Waals surface area contributed by atoms with Crippen LogP contribution in [-0.4, -0.2) is 109 Å². The largest absolute Gasteiger partial charge is 0.465 e. The summed E-state index contributed by atoms with van der Waals surface area (Å²) in [5, 5.41) is 13.3. The smallest absolute Gasteiger partial charge is 0.407 e. The summed E-state index contributed by atoms with van der Waals surface area (Å²) in [7, 11) is 1.46. The minimum absolute atomic E-state index is 0.0694. The lowest BCUT2D eigenvalue weighted by molar-refractivity contribution is -0.138. The topological polar surface area (TPSA) is 160 Å². The van der Waals surface area contributed by atoms with Crippen LogP contribution in [0.25, 0.3) is 33.6 Å². The molecular formula is C43H56N8O5. The molecule has 2 aromatic heterocycles. The number of nitrogens with one attached hydrogen (secondary N) is 3. The van der Waals surface area contributed by atoms with Gasteiger partial charge in [0.15, 0.2) is 0 Å². The van der Waals surface area contributed by atoms with Crippen LogP contribution in [0, 0.1) is 11.8 Å². The normalized spacial score (nSPS) is 20.2. The quantitative estimate of drug-likeness (QED) is 0.121. The average Bonchev–Trinajstić information content (AvgIpc) is 4.04. The number of hydrogen-bond donors (Lipinski definition) is 4. The molecule has 3 saturated heterocycles. The third-order valence-electron chi connectivity index (χ3n) is 11.8. The van der Waals surface area contributed by atoms with Crippen molar-refractivity contribution in [3.05, 3.63) is 72.6 Å². The number of amides is 3. The zero-order chi connectivity index (χ0) is 39.5. The van der Waals surface area contributed by atoms with E-state index in [-0.39, 0.29) is 41.8 Å². The molecule has 7 rings (SSSR count). The van der Waals surface area contributed by atoms with E-state index in [0.29, 0.717) is 18.4 Å². The number of hydrogen-bond acceptors (Lipinski definition) is 7. The molecule has 2 aromatic carbocycles.